The van der Waals surface area contributed by atoms with Gasteiger partial charge in [0, 0.05) is 28.0 Å². The summed E-state index contributed by atoms with van der Waals surface area (Å²) in [5.41, 5.74) is 2.26. The highest BCUT2D eigenvalue weighted by Gasteiger charge is 2.70. The minimum absolute atomic E-state index is 0.179. The molecule has 4 aromatic rings. The minimum Gasteiger partial charge on any atom is -0.497 e. The van der Waals surface area contributed by atoms with Crippen molar-refractivity contribution in [1.82, 2.24) is 4.90 Å². The van der Waals surface area contributed by atoms with Gasteiger partial charge in [0.05, 0.1) is 24.1 Å². The summed E-state index contributed by atoms with van der Waals surface area (Å²) in [6.45, 7) is 0. The molecule has 3 heterocycles. The highest BCUT2D eigenvalue weighted by atomic mass is 35.5. The van der Waals surface area contributed by atoms with E-state index in [-0.39, 0.29) is 28.1 Å². The number of nitrogens with zero attached hydrogens (tertiary/aromatic N) is 1. The SMILES string of the molecule is COc1ccc(C(=O)[C@@H]2[C@H](C(=O)c3ccc(Cl)cc3Cl)N3C=Cc4ccccc4[C@@H]3[C@]23C(=O)Nc2ccccc23)cc1. The highest BCUT2D eigenvalue weighted by molar-refractivity contribution is 6.37. The molecule has 1 saturated heterocycles. The summed E-state index contributed by atoms with van der Waals surface area (Å²) >= 11 is 12.7. The molecule has 3 aliphatic rings. The number of fused-ring (bicyclic) bond motifs is 6. The van der Waals surface area contributed by atoms with Crippen LogP contribution in [0.25, 0.3) is 6.08 Å². The summed E-state index contributed by atoms with van der Waals surface area (Å²) in [5, 5.41) is 3.62. The first-order valence-corrected chi connectivity index (χ1v) is 14.2. The van der Waals surface area contributed by atoms with E-state index < -0.39 is 23.4 Å². The van der Waals surface area contributed by atoms with E-state index in [0.717, 1.165) is 11.1 Å². The molecular weight excluding hydrogens is 571 g/mol. The Morgan fingerprint density at radius 3 is 2.40 bits per heavy atom. The molecule has 0 unspecified atom stereocenters. The first-order chi connectivity index (χ1) is 20.4. The van der Waals surface area contributed by atoms with Gasteiger partial charge in [-0.25, -0.2) is 0 Å². The van der Waals surface area contributed by atoms with E-state index in [2.05, 4.69) is 5.32 Å². The number of anilines is 1. The van der Waals surface area contributed by atoms with Gasteiger partial charge in [-0.05, 0) is 71.3 Å². The van der Waals surface area contributed by atoms with Gasteiger partial charge in [0.2, 0.25) is 5.91 Å². The molecule has 0 bridgehead atoms. The van der Waals surface area contributed by atoms with Crippen molar-refractivity contribution in [2.45, 2.75) is 17.5 Å². The summed E-state index contributed by atoms with van der Waals surface area (Å²) in [5.74, 6) is -1.53. The van der Waals surface area contributed by atoms with Crippen molar-refractivity contribution in [3.8, 4) is 5.75 Å². The lowest BCUT2D eigenvalue weighted by Gasteiger charge is -2.38. The second kappa shape index (κ2) is 9.86. The molecule has 0 radical (unpaired) electrons. The topological polar surface area (TPSA) is 75.7 Å². The van der Waals surface area contributed by atoms with Crippen molar-refractivity contribution in [3.05, 3.63) is 135 Å². The van der Waals surface area contributed by atoms with Crippen LogP contribution in [0.3, 0.4) is 0 Å². The Kier molecular flexibility index (Phi) is 6.22. The average molecular weight is 595 g/mol. The Bertz CT molecular complexity index is 1820. The van der Waals surface area contributed by atoms with E-state index in [9.17, 15) is 14.4 Å². The van der Waals surface area contributed by atoms with Crippen LogP contribution in [0.15, 0.2) is 97.2 Å². The Labute approximate surface area is 252 Å². The summed E-state index contributed by atoms with van der Waals surface area (Å²) in [4.78, 5) is 45.8. The molecule has 0 aliphatic carbocycles. The summed E-state index contributed by atoms with van der Waals surface area (Å²) in [7, 11) is 1.55. The van der Waals surface area contributed by atoms with E-state index >= 15 is 0 Å². The second-order valence-electron chi connectivity index (χ2n) is 10.7. The van der Waals surface area contributed by atoms with Crippen molar-refractivity contribution in [2.24, 2.45) is 5.92 Å². The molecule has 1 amide bonds. The maximum Gasteiger partial charge on any atom is 0.238 e. The first-order valence-electron chi connectivity index (χ1n) is 13.5. The van der Waals surface area contributed by atoms with E-state index in [1.54, 1.807) is 43.5 Å². The molecule has 1 N–H and O–H groups in total. The van der Waals surface area contributed by atoms with Crippen LogP contribution in [0.1, 0.15) is 43.4 Å². The third-order valence-electron chi connectivity index (χ3n) is 8.69. The normalized spacial score (nSPS) is 23.3. The van der Waals surface area contributed by atoms with Crippen LogP contribution in [0.4, 0.5) is 5.69 Å². The standard InChI is InChI=1S/C34H24Cl2N2O4/c1-42-22-13-10-20(11-14-22)30(39)28-29(31(40)24-15-12-21(35)18-26(24)36)38-17-16-19-6-2-3-7-23(19)32(38)34(28)25-8-4-5-9-27(25)37-33(34)41/h2-18,28-29,32H,1H3,(H,37,41)/t28-,29+,32+,34+/m0/s1. The van der Waals surface area contributed by atoms with Gasteiger partial charge >= 0.3 is 0 Å². The number of amides is 1. The van der Waals surface area contributed by atoms with E-state index in [1.165, 1.54) is 6.07 Å². The van der Waals surface area contributed by atoms with Gasteiger partial charge in [-0.15, -0.1) is 0 Å². The smallest absolute Gasteiger partial charge is 0.238 e. The van der Waals surface area contributed by atoms with Gasteiger partial charge in [-0.3, -0.25) is 14.4 Å². The summed E-state index contributed by atoms with van der Waals surface area (Å²) in [6, 6.07) is 24.9. The maximum absolute atomic E-state index is 14.8. The fourth-order valence-corrected chi connectivity index (χ4v) is 7.45. The predicted molar refractivity (Wildman–Crippen MR) is 162 cm³/mol. The van der Waals surface area contributed by atoms with E-state index in [4.69, 9.17) is 27.9 Å². The Morgan fingerprint density at radius 1 is 0.905 bits per heavy atom. The molecule has 1 fully saturated rings. The number of methoxy groups -OCH3 is 1. The number of carbonyl (C=O) groups excluding carboxylic acids is 3. The molecule has 8 heteroatoms. The number of halogens is 2. The number of hydrogen-bond donors (Lipinski definition) is 1. The zero-order valence-corrected chi connectivity index (χ0v) is 23.9. The quantitative estimate of drug-likeness (QED) is 0.252. The lowest BCUT2D eigenvalue weighted by Crippen LogP contribution is -2.49. The molecule has 42 heavy (non-hydrogen) atoms. The van der Waals surface area contributed by atoms with Crippen molar-refractivity contribution in [3.63, 3.8) is 0 Å². The molecule has 0 saturated carbocycles. The summed E-state index contributed by atoms with van der Waals surface area (Å²) in [6.07, 6.45) is 3.75. The van der Waals surface area contributed by atoms with Crippen molar-refractivity contribution in [2.75, 3.05) is 12.4 Å². The fraction of sp³-hybridized carbons (Fsp3) is 0.147. The largest absolute Gasteiger partial charge is 0.497 e. The maximum atomic E-state index is 14.8. The number of ether oxygens (including phenoxy) is 1. The number of nitrogens with one attached hydrogen (secondary N) is 1. The van der Waals surface area contributed by atoms with Gasteiger partial charge in [-0.1, -0.05) is 65.7 Å². The number of para-hydroxylation sites is 1. The Morgan fingerprint density at radius 2 is 1.64 bits per heavy atom. The summed E-state index contributed by atoms with van der Waals surface area (Å²) < 4.78 is 5.32. The minimum atomic E-state index is -1.42. The lowest BCUT2D eigenvalue weighted by atomic mass is 9.62. The zero-order valence-electron chi connectivity index (χ0n) is 22.4. The molecule has 3 aliphatic heterocycles. The molecular formula is C34H24Cl2N2O4. The zero-order chi connectivity index (χ0) is 29.2. The van der Waals surface area contributed by atoms with Gasteiger partial charge in [-0.2, -0.15) is 0 Å². The van der Waals surface area contributed by atoms with Crippen LogP contribution >= 0.6 is 23.2 Å². The molecule has 4 aromatic carbocycles. The third kappa shape index (κ3) is 3.68. The number of rotatable bonds is 5. The van der Waals surface area contributed by atoms with Crippen LogP contribution < -0.4 is 10.1 Å². The Balaban J connectivity index is 1.53. The van der Waals surface area contributed by atoms with Gasteiger partial charge in [0.25, 0.3) is 0 Å². The first kappa shape index (κ1) is 26.5. The molecule has 208 valence electrons. The van der Waals surface area contributed by atoms with E-state index in [1.807, 2.05) is 65.7 Å². The average Bonchev–Trinajstić information content (AvgIpc) is 3.49. The van der Waals surface area contributed by atoms with Gasteiger partial charge in [0.1, 0.15) is 17.2 Å². The van der Waals surface area contributed by atoms with Crippen molar-refractivity contribution < 1.29 is 19.1 Å². The van der Waals surface area contributed by atoms with E-state index in [0.29, 0.717) is 27.6 Å². The molecule has 4 atom stereocenters. The fourth-order valence-electron chi connectivity index (χ4n) is 6.95. The second-order valence-corrected chi connectivity index (χ2v) is 11.5. The number of benzene rings is 4. The molecule has 0 aromatic heterocycles. The Hall–Kier alpha value is -4.39. The highest BCUT2D eigenvalue weighted by Crippen LogP contribution is 2.62. The van der Waals surface area contributed by atoms with Crippen LogP contribution in [0, 0.1) is 5.92 Å². The number of hydrogen-bond acceptors (Lipinski definition) is 5. The lowest BCUT2D eigenvalue weighted by molar-refractivity contribution is -0.122. The van der Waals surface area contributed by atoms with Crippen molar-refractivity contribution in [1.29, 1.82) is 0 Å². The number of carbonyl (C=O) groups is 3. The van der Waals surface area contributed by atoms with Gasteiger partial charge < -0.3 is 15.0 Å². The molecule has 1 spiro atoms. The van der Waals surface area contributed by atoms with Crippen LogP contribution in [0.2, 0.25) is 10.0 Å². The molecule has 6 nitrogen and oxygen atoms in total. The van der Waals surface area contributed by atoms with Crippen LogP contribution in [-0.2, 0) is 10.2 Å². The van der Waals surface area contributed by atoms with Crippen LogP contribution in [0.5, 0.6) is 5.75 Å². The number of ketones is 2. The molecule has 7 rings (SSSR count). The third-order valence-corrected chi connectivity index (χ3v) is 9.24. The predicted octanol–water partition coefficient (Wildman–Crippen LogP) is 6.98. The van der Waals surface area contributed by atoms with Gasteiger partial charge in [0.15, 0.2) is 11.6 Å². The monoisotopic (exact) mass is 594 g/mol. The van der Waals surface area contributed by atoms with Crippen LogP contribution in [-0.4, -0.2) is 35.5 Å². The van der Waals surface area contributed by atoms with Crippen molar-refractivity contribution >= 4 is 52.4 Å². The number of Topliss-reactive ketones (excluding diaryl/α,β-unsaturated/α-hetero) is 2.